The number of benzene rings is 1. The van der Waals surface area contributed by atoms with Crippen LogP contribution in [0, 0.1) is 0 Å². The van der Waals surface area contributed by atoms with E-state index in [0.29, 0.717) is 6.04 Å². The smallest absolute Gasteiger partial charge is 0.0178 e. The van der Waals surface area contributed by atoms with Crippen LogP contribution in [0.3, 0.4) is 0 Å². The molecular weight excluding hydrogens is 264 g/mol. The van der Waals surface area contributed by atoms with Crippen molar-refractivity contribution >= 4 is 15.9 Å². The highest BCUT2D eigenvalue weighted by Crippen LogP contribution is 2.37. The average Bonchev–Trinajstić information content (AvgIpc) is 2.21. The fourth-order valence-electron chi connectivity index (χ4n) is 2.23. The monoisotopic (exact) mass is 282 g/mol. The molecular formula is C13H19BrN2. The van der Waals surface area contributed by atoms with E-state index >= 15 is 0 Å². The molecule has 0 saturated heterocycles. The molecule has 2 nitrogen and oxygen atoms in total. The minimum atomic E-state index is 0.704. The molecule has 1 aliphatic rings. The van der Waals surface area contributed by atoms with Gasteiger partial charge in [-0.1, -0.05) is 28.1 Å². The highest BCUT2D eigenvalue weighted by Gasteiger charge is 2.29. The summed E-state index contributed by atoms with van der Waals surface area (Å²) in [5, 5.41) is 3.54. The molecule has 1 aromatic carbocycles. The van der Waals surface area contributed by atoms with Crippen LogP contribution in [0.15, 0.2) is 28.7 Å². The van der Waals surface area contributed by atoms with Crippen molar-refractivity contribution in [3.05, 3.63) is 34.3 Å². The van der Waals surface area contributed by atoms with Gasteiger partial charge in [-0.25, -0.2) is 0 Å². The average molecular weight is 283 g/mol. The maximum atomic E-state index is 5.46. The van der Waals surface area contributed by atoms with Crippen molar-refractivity contribution in [1.29, 1.82) is 0 Å². The summed E-state index contributed by atoms with van der Waals surface area (Å²) in [5.41, 5.74) is 6.93. The number of nitrogens with two attached hydrogens (primary N) is 1. The van der Waals surface area contributed by atoms with Gasteiger partial charge in [-0.3, -0.25) is 0 Å². The molecule has 0 unspecified atom stereocenters. The first-order chi connectivity index (χ1) is 7.79. The Bertz CT molecular complexity index is 334. The van der Waals surface area contributed by atoms with Gasteiger partial charge in [0.15, 0.2) is 0 Å². The second-order valence-electron chi connectivity index (χ2n) is 4.52. The fraction of sp³-hybridized carbons (Fsp3) is 0.538. The molecule has 0 heterocycles. The lowest BCUT2D eigenvalue weighted by molar-refractivity contribution is 0.291. The van der Waals surface area contributed by atoms with E-state index in [0.717, 1.165) is 25.4 Å². The van der Waals surface area contributed by atoms with Gasteiger partial charge in [-0.05, 0) is 56.0 Å². The summed E-state index contributed by atoms with van der Waals surface area (Å²) in [6.07, 6.45) is 3.61. The molecule has 2 rings (SSSR count). The number of hydrogen-bond donors (Lipinski definition) is 2. The van der Waals surface area contributed by atoms with Crippen LogP contribution < -0.4 is 11.1 Å². The number of nitrogens with one attached hydrogen (secondary N) is 1. The number of hydrogen-bond acceptors (Lipinski definition) is 2. The van der Waals surface area contributed by atoms with Crippen LogP contribution in [-0.2, 0) is 0 Å². The Morgan fingerprint density at radius 3 is 2.88 bits per heavy atom. The second-order valence-corrected chi connectivity index (χ2v) is 5.43. The normalized spacial score (nSPS) is 24.1. The van der Waals surface area contributed by atoms with Crippen molar-refractivity contribution in [2.45, 2.75) is 31.2 Å². The Balaban J connectivity index is 1.75. The van der Waals surface area contributed by atoms with Gasteiger partial charge < -0.3 is 11.1 Å². The third-order valence-electron chi connectivity index (χ3n) is 3.27. The SMILES string of the molecule is NCCCNC1CC(c2cccc(Br)c2)C1. The summed E-state index contributed by atoms with van der Waals surface area (Å²) < 4.78 is 1.18. The largest absolute Gasteiger partial charge is 0.330 e. The van der Waals surface area contributed by atoms with Crippen molar-refractivity contribution in [2.24, 2.45) is 5.73 Å². The van der Waals surface area contributed by atoms with E-state index in [4.69, 9.17) is 5.73 Å². The molecule has 0 atom stereocenters. The van der Waals surface area contributed by atoms with Crippen LogP contribution in [0.5, 0.6) is 0 Å². The third kappa shape index (κ3) is 3.06. The molecule has 0 aliphatic heterocycles. The lowest BCUT2D eigenvalue weighted by Gasteiger charge is -2.36. The second kappa shape index (κ2) is 5.80. The van der Waals surface area contributed by atoms with Crippen LogP contribution in [-0.4, -0.2) is 19.1 Å². The highest BCUT2D eigenvalue weighted by molar-refractivity contribution is 9.10. The van der Waals surface area contributed by atoms with Crippen LogP contribution in [0.4, 0.5) is 0 Å². The van der Waals surface area contributed by atoms with Gasteiger partial charge >= 0.3 is 0 Å². The van der Waals surface area contributed by atoms with Crippen molar-refractivity contribution in [1.82, 2.24) is 5.32 Å². The zero-order valence-corrected chi connectivity index (χ0v) is 11.0. The molecule has 1 aromatic rings. The molecule has 0 aromatic heterocycles. The van der Waals surface area contributed by atoms with E-state index in [1.807, 2.05) is 0 Å². The summed E-state index contributed by atoms with van der Waals surface area (Å²) in [6, 6.07) is 9.37. The Hall–Kier alpha value is -0.380. The summed E-state index contributed by atoms with van der Waals surface area (Å²) in [4.78, 5) is 0. The van der Waals surface area contributed by atoms with E-state index in [-0.39, 0.29) is 0 Å². The van der Waals surface area contributed by atoms with Crippen LogP contribution in [0.25, 0.3) is 0 Å². The Labute approximate surface area is 106 Å². The van der Waals surface area contributed by atoms with Gasteiger partial charge in [-0.15, -0.1) is 0 Å². The van der Waals surface area contributed by atoms with E-state index in [1.165, 1.54) is 22.9 Å². The molecule has 3 N–H and O–H groups in total. The molecule has 0 amide bonds. The van der Waals surface area contributed by atoms with E-state index < -0.39 is 0 Å². The zero-order valence-electron chi connectivity index (χ0n) is 9.45. The predicted molar refractivity (Wildman–Crippen MR) is 71.6 cm³/mol. The molecule has 0 radical (unpaired) electrons. The summed E-state index contributed by atoms with van der Waals surface area (Å²) >= 11 is 3.52. The molecule has 88 valence electrons. The van der Waals surface area contributed by atoms with Gasteiger partial charge in [0.2, 0.25) is 0 Å². The van der Waals surface area contributed by atoms with E-state index in [9.17, 15) is 0 Å². The minimum Gasteiger partial charge on any atom is -0.330 e. The van der Waals surface area contributed by atoms with Crippen molar-refractivity contribution in [2.75, 3.05) is 13.1 Å². The highest BCUT2D eigenvalue weighted by atomic mass is 79.9. The molecule has 3 heteroatoms. The number of rotatable bonds is 5. The van der Waals surface area contributed by atoms with Gasteiger partial charge in [0, 0.05) is 10.5 Å². The first kappa shape index (κ1) is 12.1. The third-order valence-corrected chi connectivity index (χ3v) is 3.77. The zero-order chi connectivity index (χ0) is 11.4. The van der Waals surface area contributed by atoms with Gasteiger partial charge in [0.05, 0.1) is 0 Å². The van der Waals surface area contributed by atoms with Gasteiger partial charge in [-0.2, -0.15) is 0 Å². The standard InChI is InChI=1S/C13H19BrN2/c14-12-4-1-3-10(7-12)11-8-13(9-11)16-6-2-5-15/h1,3-4,7,11,13,16H,2,5-6,8-9,15H2. The summed E-state index contributed by atoms with van der Waals surface area (Å²) in [6.45, 7) is 1.85. The lowest BCUT2D eigenvalue weighted by atomic mass is 9.76. The maximum absolute atomic E-state index is 5.46. The first-order valence-corrected chi connectivity index (χ1v) is 6.78. The fourth-order valence-corrected chi connectivity index (χ4v) is 2.64. The Morgan fingerprint density at radius 1 is 1.38 bits per heavy atom. The first-order valence-electron chi connectivity index (χ1n) is 5.98. The predicted octanol–water partition coefficient (Wildman–Crippen LogP) is 2.63. The topological polar surface area (TPSA) is 38.0 Å². The molecule has 1 fully saturated rings. The van der Waals surface area contributed by atoms with Crippen LogP contribution in [0.2, 0.25) is 0 Å². The van der Waals surface area contributed by atoms with Crippen molar-refractivity contribution in [3.63, 3.8) is 0 Å². The molecule has 1 saturated carbocycles. The van der Waals surface area contributed by atoms with E-state index in [2.05, 4.69) is 45.5 Å². The van der Waals surface area contributed by atoms with Gasteiger partial charge in [0.25, 0.3) is 0 Å². The summed E-state index contributed by atoms with van der Waals surface area (Å²) in [5.74, 6) is 0.743. The summed E-state index contributed by atoms with van der Waals surface area (Å²) in [7, 11) is 0. The van der Waals surface area contributed by atoms with Crippen molar-refractivity contribution in [3.8, 4) is 0 Å². The van der Waals surface area contributed by atoms with Crippen LogP contribution >= 0.6 is 15.9 Å². The molecule has 16 heavy (non-hydrogen) atoms. The lowest BCUT2D eigenvalue weighted by Crippen LogP contribution is -2.40. The molecule has 1 aliphatic carbocycles. The Kier molecular flexibility index (Phi) is 4.38. The van der Waals surface area contributed by atoms with E-state index in [1.54, 1.807) is 0 Å². The van der Waals surface area contributed by atoms with Crippen LogP contribution in [0.1, 0.15) is 30.7 Å². The number of halogens is 1. The Morgan fingerprint density at radius 2 is 2.19 bits per heavy atom. The van der Waals surface area contributed by atoms with Crippen molar-refractivity contribution < 1.29 is 0 Å². The molecule has 0 bridgehead atoms. The maximum Gasteiger partial charge on any atom is 0.0178 e. The quantitative estimate of drug-likeness (QED) is 0.815. The molecule has 0 spiro atoms. The minimum absolute atomic E-state index is 0.704. The van der Waals surface area contributed by atoms with Gasteiger partial charge in [0.1, 0.15) is 0 Å².